The van der Waals surface area contributed by atoms with Gasteiger partial charge in [0, 0.05) is 24.5 Å². The lowest BCUT2D eigenvalue weighted by Gasteiger charge is -2.28. The molecule has 0 saturated carbocycles. The first kappa shape index (κ1) is 22.5. The standard InChI is InChI=1S/C18H29N7O4/c1-10(2)13(27)6-24(5-12(8-26)21-11(3)4)14(28)7-25-9-20-15-16(25)22-18(19)23-17(15)29/h9-12,21,26H,5-8H2,1-4H3,(H3,19,22,23,29)/t12-/m1/s1. The van der Waals surface area contributed by atoms with Crippen LogP contribution >= 0.6 is 0 Å². The fourth-order valence-corrected chi connectivity index (χ4v) is 2.86. The van der Waals surface area contributed by atoms with Gasteiger partial charge in [0.2, 0.25) is 11.9 Å². The summed E-state index contributed by atoms with van der Waals surface area (Å²) < 4.78 is 1.42. The minimum Gasteiger partial charge on any atom is -0.395 e. The molecule has 0 aliphatic heterocycles. The minimum atomic E-state index is -0.494. The monoisotopic (exact) mass is 407 g/mol. The van der Waals surface area contributed by atoms with E-state index in [2.05, 4.69) is 20.3 Å². The minimum absolute atomic E-state index is 0.0739. The number of ketones is 1. The first-order valence-electron chi connectivity index (χ1n) is 9.50. The molecule has 1 amide bonds. The summed E-state index contributed by atoms with van der Waals surface area (Å²) in [5.41, 5.74) is 5.36. The highest BCUT2D eigenvalue weighted by atomic mass is 16.3. The van der Waals surface area contributed by atoms with E-state index in [4.69, 9.17) is 5.73 Å². The number of anilines is 1. The molecule has 29 heavy (non-hydrogen) atoms. The summed E-state index contributed by atoms with van der Waals surface area (Å²) in [4.78, 5) is 49.0. The van der Waals surface area contributed by atoms with Gasteiger partial charge in [0.1, 0.15) is 6.54 Å². The number of amides is 1. The number of nitrogens with two attached hydrogens (primary N) is 1. The molecule has 2 heterocycles. The predicted octanol–water partition coefficient (Wildman–Crippen LogP) is -0.886. The average molecular weight is 407 g/mol. The Morgan fingerprint density at radius 3 is 2.62 bits per heavy atom. The van der Waals surface area contributed by atoms with Crippen LogP contribution < -0.4 is 16.6 Å². The summed E-state index contributed by atoms with van der Waals surface area (Å²) in [6, 6.07) is -0.281. The molecule has 0 aliphatic carbocycles. The van der Waals surface area contributed by atoms with Crippen LogP contribution in [0.2, 0.25) is 0 Å². The molecule has 0 aromatic carbocycles. The lowest BCUT2D eigenvalue weighted by Crippen LogP contribution is -2.50. The molecule has 160 valence electrons. The predicted molar refractivity (Wildman–Crippen MR) is 108 cm³/mol. The Bertz CT molecular complexity index is 919. The van der Waals surface area contributed by atoms with Gasteiger partial charge in [-0.15, -0.1) is 0 Å². The second-order valence-electron chi connectivity index (χ2n) is 7.59. The quantitative estimate of drug-likeness (QED) is 0.395. The van der Waals surface area contributed by atoms with Gasteiger partial charge in [0.15, 0.2) is 16.9 Å². The summed E-state index contributed by atoms with van der Waals surface area (Å²) in [5, 5.41) is 12.8. The van der Waals surface area contributed by atoms with Gasteiger partial charge in [0.05, 0.1) is 19.5 Å². The molecule has 5 N–H and O–H groups in total. The second kappa shape index (κ2) is 9.61. The number of aliphatic hydroxyl groups excluding tert-OH is 1. The molecule has 0 unspecified atom stereocenters. The summed E-state index contributed by atoms with van der Waals surface area (Å²) in [6.07, 6.45) is 1.34. The lowest BCUT2D eigenvalue weighted by atomic mass is 10.1. The topological polar surface area (TPSA) is 159 Å². The van der Waals surface area contributed by atoms with Crippen molar-refractivity contribution >= 4 is 28.8 Å². The van der Waals surface area contributed by atoms with Gasteiger partial charge >= 0.3 is 0 Å². The normalized spacial score (nSPS) is 12.7. The van der Waals surface area contributed by atoms with E-state index in [9.17, 15) is 19.5 Å². The number of H-pyrrole nitrogens is 1. The van der Waals surface area contributed by atoms with E-state index in [1.807, 2.05) is 13.8 Å². The molecule has 0 bridgehead atoms. The van der Waals surface area contributed by atoms with Gasteiger partial charge in [0.25, 0.3) is 5.56 Å². The summed E-state index contributed by atoms with van der Waals surface area (Å²) in [6.45, 7) is 7.13. The largest absolute Gasteiger partial charge is 0.395 e. The van der Waals surface area contributed by atoms with Gasteiger partial charge in [-0.05, 0) is 0 Å². The number of nitrogen functional groups attached to an aromatic ring is 1. The summed E-state index contributed by atoms with van der Waals surface area (Å²) in [5.74, 6) is -0.757. The number of aliphatic hydroxyl groups is 1. The van der Waals surface area contributed by atoms with E-state index in [0.717, 1.165) is 0 Å². The number of imidazole rings is 1. The summed E-state index contributed by atoms with van der Waals surface area (Å²) >= 11 is 0. The highest BCUT2D eigenvalue weighted by molar-refractivity contribution is 5.87. The van der Waals surface area contributed by atoms with E-state index < -0.39 is 5.56 Å². The Balaban J connectivity index is 2.26. The van der Waals surface area contributed by atoms with Crippen molar-refractivity contribution in [1.82, 2.24) is 29.7 Å². The molecule has 0 fully saturated rings. The molecule has 11 heteroatoms. The van der Waals surface area contributed by atoms with Crippen LogP contribution in [0.3, 0.4) is 0 Å². The van der Waals surface area contributed by atoms with Crippen LogP contribution in [-0.2, 0) is 16.1 Å². The van der Waals surface area contributed by atoms with Crippen molar-refractivity contribution in [3.8, 4) is 0 Å². The highest BCUT2D eigenvalue weighted by Gasteiger charge is 2.24. The maximum Gasteiger partial charge on any atom is 0.280 e. The van der Waals surface area contributed by atoms with Gasteiger partial charge < -0.3 is 25.6 Å². The molecule has 11 nitrogen and oxygen atoms in total. The molecular formula is C18H29N7O4. The van der Waals surface area contributed by atoms with Crippen molar-refractivity contribution < 1.29 is 14.7 Å². The zero-order chi connectivity index (χ0) is 21.7. The van der Waals surface area contributed by atoms with E-state index in [1.54, 1.807) is 13.8 Å². The van der Waals surface area contributed by atoms with Crippen molar-refractivity contribution in [2.24, 2.45) is 5.92 Å². The van der Waals surface area contributed by atoms with Crippen molar-refractivity contribution in [2.45, 2.75) is 46.3 Å². The van der Waals surface area contributed by atoms with Crippen LogP contribution in [0.1, 0.15) is 27.7 Å². The van der Waals surface area contributed by atoms with Crippen LogP contribution in [-0.4, -0.2) is 73.0 Å². The van der Waals surface area contributed by atoms with Gasteiger partial charge in [-0.1, -0.05) is 27.7 Å². The van der Waals surface area contributed by atoms with Gasteiger partial charge in [-0.3, -0.25) is 19.4 Å². The number of carbonyl (C=O) groups excluding carboxylic acids is 2. The number of aromatic nitrogens is 4. The van der Waals surface area contributed by atoms with E-state index in [-0.39, 0.29) is 73.0 Å². The molecule has 2 aromatic rings. The van der Waals surface area contributed by atoms with Crippen molar-refractivity contribution in [3.63, 3.8) is 0 Å². The van der Waals surface area contributed by atoms with Gasteiger partial charge in [-0.2, -0.15) is 4.98 Å². The number of rotatable bonds is 10. The maximum absolute atomic E-state index is 13.0. The molecule has 0 radical (unpaired) electrons. The Hall–Kier alpha value is -2.79. The lowest BCUT2D eigenvalue weighted by molar-refractivity contribution is -0.137. The van der Waals surface area contributed by atoms with E-state index in [0.29, 0.717) is 0 Å². The number of aromatic amines is 1. The fourth-order valence-electron chi connectivity index (χ4n) is 2.86. The summed E-state index contributed by atoms with van der Waals surface area (Å²) in [7, 11) is 0. The average Bonchev–Trinajstić information content (AvgIpc) is 3.02. The van der Waals surface area contributed by atoms with Crippen molar-refractivity contribution in [1.29, 1.82) is 0 Å². The highest BCUT2D eigenvalue weighted by Crippen LogP contribution is 2.09. The van der Waals surface area contributed by atoms with Crippen molar-refractivity contribution in [2.75, 3.05) is 25.4 Å². The van der Waals surface area contributed by atoms with Gasteiger partial charge in [-0.25, -0.2) is 4.98 Å². The number of Topliss-reactive ketones (excluding diaryl/α,β-unsaturated/α-hetero) is 1. The Labute approximate surface area is 168 Å². The van der Waals surface area contributed by atoms with E-state index in [1.165, 1.54) is 15.8 Å². The fraction of sp³-hybridized carbons (Fsp3) is 0.611. The van der Waals surface area contributed by atoms with Crippen molar-refractivity contribution in [3.05, 3.63) is 16.7 Å². The molecule has 2 rings (SSSR count). The first-order valence-corrected chi connectivity index (χ1v) is 9.50. The second-order valence-corrected chi connectivity index (χ2v) is 7.59. The van der Waals surface area contributed by atoms with Crippen LogP contribution in [0.5, 0.6) is 0 Å². The molecule has 0 saturated heterocycles. The van der Waals surface area contributed by atoms with E-state index >= 15 is 0 Å². The number of nitrogens with one attached hydrogen (secondary N) is 2. The Kier molecular flexibility index (Phi) is 7.46. The number of nitrogens with zero attached hydrogens (tertiary/aromatic N) is 4. The van der Waals surface area contributed by atoms with Crippen LogP contribution in [0.25, 0.3) is 11.2 Å². The molecule has 2 aromatic heterocycles. The Morgan fingerprint density at radius 1 is 1.34 bits per heavy atom. The zero-order valence-corrected chi connectivity index (χ0v) is 17.2. The number of fused-ring (bicyclic) bond motifs is 1. The third kappa shape index (κ3) is 5.84. The first-order chi connectivity index (χ1) is 13.6. The van der Waals surface area contributed by atoms with Crippen LogP contribution in [0.4, 0.5) is 5.95 Å². The smallest absolute Gasteiger partial charge is 0.280 e. The molecule has 0 aliphatic rings. The number of hydrogen-bond donors (Lipinski definition) is 4. The van der Waals surface area contributed by atoms with Crippen LogP contribution in [0, 0.1) is 5.92 Å². The Morgan fingerprint density at radius 2 is 2.03 bits per heavy atom. The third-order valence-corrected chi connectivity index (χ3v) is 4.37. The number of carbonyl (C=O) groups is 2. The molecule has 0 spiro atoms. The number of hydrogen-bond acceptors (Lipinski definition) is 8. The maximum atomic E-state index is 13.0. The SMILES string of the molecule is CC(C)N[C@@H](CO)CN(CC(=O)C(C)C)C(=O)Cn1cnc2c(=O)[nH]c(N)nc21. The third-order valence-electron chi connectivity index (χ3n) is 4.37. The zero-order valence-electron chi connectivity index (χ0n) is 17.2. The van der Waals surface area contributed by atoms with Crippen LogP contribution in [0.15, 0.2) is 11.1 Å². The molecule has 1 atom stereocenters. The molecular weight excluding hydrogens is 378 g/mol.